The summed E-state index contributed by atoms with van der Waals surface area (Å²) in [7, 11) is 0. The Kier molecular flexibility index (Phi) is 4.84. The second kappa shape index (κ2) is 5.71. The lowest BCUT2D eigenvalue weighted by Crippen LogP contribution is -2.14. The minimum atomic E-state index is -0.0731. The molecule has 3 heteroatoms. The number of hydrogen-bond acceptors (Lipinski definition) is 3. The quantitative estimate of drug-likeness (QED) is 0.794. The van der Waals surface area contributed by atoms with Crippen LogP contribution in [0.3, 0.4) is 0 Å². The van der Waals surface area contributed by atoms with E-state index >= 15 is 0 Å². The molecule has 0 saturated heterocycles. The number of thioether (sulfide) groups is 1. The summed E-state index contributed by atoms with van der Waals surface area (Å²) in [6.07, 6.45) is 0.613. The van der Waals surface area contributed by atoms with Crippen LogP contribution in [0.25, 0.3) is 0 Å². The van der Waals surface area contributed by atoms with E-state index in [0.29, 0.717) is 6.42 Å². The van der Waals surface area contributed by atoms with Crippen LogP contribution in [0.1, 0.15) is 38.8 Å². The van der Waals surface area contributed by atoms with E-state index in [0.717, 1.165) is 5.56 Å². The molecule has 1 aromatic carbocycles. The molecule has 3 N–H and O–H groups in total. The van der Waals surface area contributed by atoms with Gasteiger partial charge in [0.05, 0.1) is 0 Å². The summed E-state index contributed by atoms with van der Waals surface area (Å²) in [5, 5.41) is 8.93. The summed E-state index contributed by atoms with van der Waals surface area (Å²) >= 11 is 1.82. The Balaban J connectivity index is 2.91. The van der Waals surface area contributed by atoms with Crippen LogP contribution < -0.4 is 5.73 Å². The van der Waals surface area contributed by atoms with Crippen molar-refractivity contribution in [2.45, 2.75) is 42.9 Å². The normalized spacial score (nSPS) is 13.8. The molecule has 0 aliphatic carbocycles. The van der Waals surface area contributed by atoms with Gasteiger partial charge >= 0.3 is 0 Å². The van der Waals surface area contributed by atoms with Gasteiger partial charge in [-0.3, -0.25) is 0 Å². The molecule has 1 rings (SSSR count). The zero-order chi connectivity index (χ0) is 12.2. The largest absolute Gasteiger partial charge is 0.396 e. The van der Waals surface area contributed by atoms with E-state index in [2.05, 4.69) is 32.9 Å². The van der Waals surface area contributed by atoms with Crippen LogP contribution in [0, 0.1) is 0 Å². The molecule has 1 atom stereocenters. The Bertz CT molecular complexity index is 333. The fraction of sp³-hybridized carbons (Fsp3) is 0.538. The maximum absolute atomic E-state index is 8.93. The van der Waals surface area contributed by atoms with Gasteiger partial charge in [-0.25, -0.2) is 0 Å². The molecule has 0 radical (unpaired) electrons. The van der Waals surface area contributed by atoms with Crippen molar-refractivity contribution < 1.29 is 5.11 Å². The molecule has 0 unspecified atom stereocenters. The number of nitrogens with two attached hydrogens (primary N) is 1. The maximum atomic E-state index is 8.93. The maximum Gasteiger partial charge on any atom is 0.0449 e. The van der Waals surface area contributed by atoms with Crippen molar-refractivity contribution in [1.82, 2.24) is 0 Å². The molecule has 16 heavy (non-hydrogen) atoms. The third-order valence-electron chi connectivity index (χ3n) is 2.17. The fourth-order valence-corrected chi connectivity index (χ4v) is 2.65. The van der Waals surface area contributed by atoms with Gasteiger partial charge in [0.1, 0.15) is 0 Å². The predicted octanol–water partition coefficient (Wildman–Crippen LogP) is 2.96. The Morgan fingerprint density at radius 1 is 1.31 bits per heavy atom. The average molecular weight is 239 g/mol. The second-order valence-corrected chi connectivity index (χ2v) is 6.74. The van der Waals surface area contributed by atoms with Gasteiger partial charge in [-0.15, -0.1) is 11.8 Å². The molecule has 2 nitrogen and oxygen atoms in total. The highest BCUT2D eigenvalue weighted by Crippen LogP contribution is 2.36. The lowest BCUT2D eigenvalue weighted by molar-refractivity contribution is 0.276. The third kappa shape index (κ3) is 4.16. The molecule has 0 aliphatic rings. The smallest absolute Gasteiger partial charge is 0.0449 e. The van der Waals surface area contributed by atoms with Crippen molar-refractivity contribution in [2.75, 3.05) is 6.61 Å². The standard InChI is InChI=1S/C13H21NOS/c1-13(2,3)16-12-7-5-4-6-10(12)11(14)8-9-15/h4-7,11,15H,8-9,14H2,1-3H3/t11-/m1/s1. The van der Waals surface area contributed by atoms with E-state index in [-0.39, 0.29) is 17.4 Å². The molecular formula is C13H21NOS. The predicted molar refractivity (Wildman–Crippen MR) is 70.7 cm³/mol. The van der Waals surface area contributed by atoms with Gasteiger partial charge in [-0.2, -0.15) is 0 Å². The summed E-state index contributed by atoms with van der Waals surface area (Å²) in [6, 6.07) is 8.11. The van der Waals surface area contributed by atoms with E-state index in [1.165, 1.54) is 4.90 Å². The Morgan fingerprint density at radius 3 is 2.50 bits per heavy atom. The third-order valence-corrected chi connectivity index (χ3v) is 3.38. The minimum Gasteiger partial charge on any atom is -0.396 e. The molecule has 0 spiro atoms. The summed E-state index contributed by atoms with van der Waals surface area (Å²) < 4.78 is 0.176. The van der Waals surface area contributed by atoms with Crippen molar-refractivity contribution in [1.29, 1.82) is 0 Å². The van der Waals surface area contributed by atoms with E-state index in [1.54, 1.807) is 0 Å². The van der Waals surface area contributed by atoms with E-state index in [9.17, 15) is 0 Å². The fourth-order valence-electron chi connectivity index (χ4n) is 1.50. The summed E-state index contributed by atoms with van der Waals surface area (Å²) in [5.41, 5.74) is 7.19. The van der Waals surface area contributed by atoms with E-state index in [1.807, 2.05) is 23.9 Å². The Hall–Kier alpha value is -0.510. The van der Waals surface area contributed by atoms with Crippen LogP contribution in [0.2, 0.25) is 0 Å². The minimum absolute atomic E-state index is 0.0731. The monoisotopic (exact) mass is 239 g/mol. The second-order valence-electron chi connectivity index (χ2n) is 4.87. The molecule has 0 bridgehead atoms. The highest BCUT2D eigenvalue weighted by Gasteiger charge is 2.17. The van der Waals surface area contributed by atoms with Crippen LogP contribution in [0.4, 0.5) is 0 Å². The molecule has 1 aromatic rings. The van der Waals surface area contributed by atoms with Crippen LogP contribution in [-0.4, -0.2) is 16.5 Å². The zero-order valence-corrected chi connectivity index (χ0v) is 11.1. The first kappa shape index (κ1) is 13.6. The number of aliphatic hydroxyl groups is 1. The van der Waals surface area contributed by atoms with Crippen LogP contribution in [0.5, 0.6) is 0 Å². The van der Waals surface area contributed by atoms with Crippen molar-refractivity contribution in [3.8, 4) is 0 Å². The summed E-state index contributed by atoms with van der Waals surface area (Å²) in [5.74, 6) is 0. The first-order chi connectivity index (χ1) is 7.44. The average Bonchev–Trinajstić information content (AvgIpc) is 2.16. The van der Waals surface area contributed by atoms with Crippen molar-refractivity contribution in [2.24, 2.45) is 5.73 Å². The summed E-state index contributed by atoms with van der Waals surface area (Å²) in [6.45, 7) is 6.69. The molecular weight excluding hydrogens is 218 g/mol. The van der Waals surface area contributed by atoms with Gasteiger partial charge in [-0.05, 0) is 18.1 Å². The topological polar surface area (TPSA) is 46.2 Å². The molecule has 0 aromatic heterocycles. The van der Waals surface area contributed by atoms with Crippen molar-refractivity contribution in [3.63, 3.8) is 0 Å². The molecule has 0 fully saturated rings. The first-order valence-electron chi connectivity index (χ1n) is 5.58. The Morgan fingerprint density at radius 2 is 1.94 bits per heavy atom. The zero-order valence-electron chi connectivity index (χ0n) is 10.2. The SMILES string of the molecule is CC(C)(C)Sc1ccccc1[C@H](N)CCO. The molecule has 0 amide bonds. The number of hydrogen-bond donors (Lipinski definition) is 2. The highest BCUT2D eigenvalue weighted by atomic mass is 32.2. The Labute approximate surface area is 102 Å². The van der Waals surface area contributed by atoms with Gasteiger partial charge in [0.15, 0.2) is 0 Å². The van der Waals surface area contributed by atoms with Crippen molar-refractivity contribution in [3.05, 3.63) is 29.8 Å². The van der Waals surface area contributed by atoms with E-state index in [4.69, 9.17) is 10.8 Å². The molecule has 0 aliphatic heterocycles. The highest BCUT2D eigenvalue weighted by molar-refractivity contribution is 8.00. The first-order valence-corrected chi connectivity index (χ1v) is 6.40. The number of benzene rings is 1. The van der Waals surface area contributed by atoms with Crippen LogP contribution in [-0.2, 0) is 0 Å². The van der Waals surface area contributed by atoms with Gasteiger partial charge < -0.3 is 10.8 Å². The molecule has 90 valence electrons. The summed E-state index contributed by atoms with van der Waals surface area (Å²) in [4.78, 5) is 1.22. The van der Waals surface area contributed by atoms with Gasteiger partial charge in [0.2, 0.25) is 0 Å². The van der Waals surface area contributed by atoms with Crippen LogP contribution >= 0.6 is 11.8 Å². The lowest BCUT2D eigenvalue weighted by atomic mass is 10.1. The number of rotatable bonds is 4. The van der Waals surface area contributed by atoms with Crippen molar-refractivity contribution >= 4 is 11.8 Å². The molecule has 0 saturated carbocycles. The van der Waals surface area contributed by atoms with Crippen LogP contribution in [0.15, 0.2) is 29.2 Å². The van der Waals surface area contributed by atoms with Gasteiger partial charge in [0.25, 0.3) is 0 Å². The van der Waals surface area contributed by atoms with Gasteiger partial charge in [-0.1, -0.05) is 39.0 Å². The molecule has 0 heterocycles. The van der Waals surface area contributed by atoms with E-state index < -0.39 is 0 Å². The van der Waals surface area contributed by atoms with Gasteiger partial charge in [0, 0.05) is 22.3 Å². The number of aliphatic hydroxyl groups excluding tert-OH is 1. The lowest BCUT2D eigenvalue weighted by Gasteiger charge is -2.22.